The molecule has 6 nitrogen and oxygen atoms in total. The molecule has 1 unspecified atom stereocenters. The number of ether oxygens (including phenoxy) is 3. The fourth-order valence-electron chi connectivity index (χ4n) is 8.61. The summed E-state index contributed by atoms with van der Waals surface area (Å²) in [6.07, 6.45) is 91.8. The number of allylic oxidation sites excluding steroid dienone is 22. The predicted molar refractivity (Wildman–Crippen MR) is 339 cm³/mol. The molecule has 0 radical (unpaired) electrons. The summed E-state index contributed by atoms with van der Waals surface area (Å²) in [6.45, 7) is 6.36. The average Bonchev–Trinajstić information content (AvgIpc) is 3.44. The zero-order chi connectivity index (χ0) is 56.4. The molecule has 78 heavy (non-hydrogen) atoms. The molecule has 0 aliphatic rings. The Morgan fingerprint density at radius 1 is 0.269 bits per heavy atom. The number of carbonyl (C=O) groups excluding carboxylic acids is 3. The molecule has 0 saturated carbocycles. The first-order valence-corrected chi connectivity index (χ1v) is 32.2. The van der Waals surface area contributed by atoms with Gasteiger partial charge >= 0.3 is 17.9 Å². The van der Waals surface area contributed by atoms with Crippen LogP contribution in [0.2, 0.25) is 0 Å². The van der Waals surface area contributed by atoms with Gasteiger partial charge in [-0.2, -0.15) is 0 Å². The molecule has 6 heteroatoms. The minimum Gasteiger partial charge on any atom is -0.462 e. The number of unbranched alkanes of at least 4 members (excludes halogenated alkanes) is 24. The summed E-state index contributed by atoms with van der Waals surface area (Å²) < 4.78 is 16.9. The van der Waals surface area contributed by atoms with Gasteiger partial charge in [-0.3, -0.25) is 14.4 Å². The van der Waals surface area contributed by atoms with Crippen molar-refractivity contribution >= 4 is 17.9 Å². The van der Waals surface area contributed by atoms with Gasteiger partial charge in [-0.25, -0.2) is 0 Å². The summed E-state index contributed by atoms with van der Waals surface area (Å²) >= 11 is 0. The van der Waals surface area contributed by atoms with E-state index >= 15 is 0 Å². The normalized spacial score (nSPS) is 13.0. The zero-order valence-electron chi connectivity index (χ0n) is 50.6. The van der Waals surface area contributed by atoms with E-state index in [1.54, 1.807) is 0 Å². The first-order chi connectivity index (χ1) is 38.5. The van der Waals surface area contributed by atoms with Crippen LogP contribution in [-0.2, 0) is 28.6 Å². The highest BCUT2D eigenvalue weighted by atomic mass is 16.6. The average molecular weight is 1080 g/mol. The number of esters is 3. The maximum Gasteiger partial charge on any atom is 0.306 e. The molecule has 0 heterocycles. The Labute approximate surface area is 481 Å². The molecule has 0 bridgehead atoms. The fourth-order valence-corrected chi connectivity index (χ4v) is 8.61. The quantitative estimate of drug-likeness (QED) is 0.0261. The minimum atomic E-state index is -0.808. The molecule has 442 valence electrons. The van der Waals surface area contributed by atoms with Crippen LogP contribution in [0.15, 0.2) is 134 Å². The molecule has 0 fully saturated rings. The van der Waals surface area contributed by atoms with Crippen molar-refractivity contribution in [3.8, 4) is 0 Å². The van der Waals surface area contributed by atoms with Crippen LogP contribution in [0.5, 0.6) is 0 Å². The van der Waals surface area contributed by atoms with Gasteiger partial charge in [-0.15, -0.1) is 0 Å². The van der Waals surface area contributed by atoms with Crippen LogP contribution in [0.1, 0.15) is 284 Å². The van der Waals surface area contributed by atoms with Gasteiger partial charge in [0.05, 0.1) is 0 Å². The largest absolute Gasteiger partial charge is 0.462 e. The Kier molecular flexibility index (Phi) is 61.4. The Morgan fingerprint density at radius 2 is 0.500 bits per heavy atom. The topological polar surface area (TPSA) is 78.9 Å². The van der Waals surface area contributed by atoms with Gasteiger partial charge in [-0.1, -0.05) is 264 Å². The monoisotopic (exact) mass is 1080 g/mol. The van der Waals surface area contributed by atoms with E-state index in [-0.39, 0.29) is 37.5 Å². The van der Waals surface area contributed by atoms with Gasteiger partial charge in [0.2, 0.25) is 0 Å². The molecule has 0 saturated heterocycles. The third kappa shape index (κ3) is 62.4. The summed E-state index contributed by atoms with van der Waals surface area (Å²) in [7, 11) is 0. The van der Waals surface area contributed by atoms with E-state index in [9.17, 15) is 14.4 Å². The van der Waals surface area contributed by atoms with Crippen molar-refractivity contribution in [1.82, 2.24) is 0 Å². The van der Waals surface area contributed by atoms with Gasteiger partial charge in [0.25, 0.3) is 0 Å². The number of carbonyl (C=O) groups is 3. The van der Waals surface area contributed by atoms with Crippen molar-refractivity contribution in [2.45, 2.75) is 290 Å². The van der Waals surface area contributed by atoms with Crippen molar-refractivity contribution in [1.29, 1.82) is 0 Å². The van der Waals surface area contributed by atoms with Crippen molar-refractivity contribution in [3.05, 3.63) is 134 Å². The van der Waals surface area contributed by atoms with Gasteiger partial charge in [0.1, 0.15) is 13.2 Å². The second-order valence-electron chi connectivity index (χ2n) is 20.9. The standard InChI is InChI=1S/C72H118O6/c1-4-7-10-13-16-19-22-25-28-29-30-31-32-33-34-35-36-37-38-39-40-41-42-43-45-47-50-53-56-59-62-65-71(74)77-68-69(67-76-70(73)64-61-58-55-52-49-46-27-24-21-18-15-12-9-6-3)78-72(75)66-63-60-57-54-51-48-44-26-23-20-17-14-11-8-5-2/h7-8,10-11,16-17,19-20,24-28,30-31,33-34,36-37,44,51,54,69H,4-6,9,12-15,18,21-23,29,32,35,38-43,45-50,52-53,55-68H2,1-3H3/b10-7-,11-8-,19-16-,20-17-,27-24-,28-25-,31-30-,34-33-,37-36-,44-26-,54-51-. The van der Waals surface area contributed by atoms with E-state index in [0.29, 0.717) is 19.3 Å². The third-order valence-corrected chi connectivity index (χ3v) is 13.4. The molecule has 0 aliphatic heterocycles. The second kappa shape index (κ2) is 65.1. The summed E-state index contributed by atoms with van der Waals surface area (Å²) in [5, 5.41) is 0. The van der Waals surface area contributed by atoms with Gasteiger partial charge < -0.3 is 14.2 Å². The highest BCUT2D eigenvalue weighted by Gasteiger charge is 2.19. The maximum absolute atomic E-state index is 12.9. The van der Waals surface area contributed by atoms with E-state index < -0.39 is 6.10 Å². The van der Waals surface area contributed by atoms with E-state index in [1.165, 1.54) is 109 Å². The molecule has 0 aromatic carbocycles. The first kappa shape index (κ1) is 73.5. The molecule has 0 aliphatic carbocycles. The number of hydrogen-bond acceptors (Lipinski definition) is 6. The lowest BCUT2D eigenvalue weighted by Crippen LogP contribution is -2.30. The van der Waals surface area contributed by atoms with E-state index in [0.717, 1.165) is 128 Å². The first-order valence-electron chi connectivity index (χ1n) is 32.2. The Balaban J connectivity index is 4.29. The summed E-state index contributed by atoms with van der Waals surface area (Å²) in [5.41, 5.74) is 0. The van der Waals surface area contributed by atoms with Crippen molar-refractivity contribution in [2.75, 3.05) is 13.2 Å². The lowest BCUT2D eigenvalue weighted by molar-refractivity contribution is -0.167. The van der Waals surface area contributed by atoms with Crippen LogP contribution in [0.4, 0.5) is 0 Å². The smallest absolute Gasteiger partial charge is 0.306 e. The molecule has 0 aromatic heterocycles. The minimum absolute atomic E-state index is 0.101. The zero-order valence-corrected chi connectivity index (χ0v) is 50.6. The number of rotatable bonds is 57. The van der Waals surface area contributed by atoms with E-state index in [2.05, 4.69) is 154 Å². The SMILES string of the molecule is CC/C=C\C/C=C\C/C=C\C/C=C\C/C=C\C/C=C\CCCCCCCCCCCCCCC(=O)OCC(COC(=O)CCCCCCC/C=C\CCCCCCC)OC(=O)CCCC/C=C\C/C=C\C/C=C\C/C=C\CC. The van der Waals surface area contributed by atoms with Crippen LogP contribution >= 0.6 is 0 Å². The Morgan fingerprint density at radius 3 is 0.821 bits per heavy atom. The maximum atomic E-state index is 12.9. The van der Waals surface area contributed by atoms with Crippen LogP contribution in [0.3, 0.4) is 0 Å². The summed E-state index contributed by atoms with van der Waals surface area (Å²) in [6, 6.07) is 0. The fraction of sp³-hybridized carbons (Fsp3) is 0.653. The van der Waals surface area contributed by atoms with Gasteiger partial charge in [0, 0.05) is 19.3 Å². The van der Waals surface area contributed by atoms with E-state index in [4.69, 9.17) is 14.2 Å². The Hall–Kier alpha value is -4.45. The molecule has 0 amide bonds. The lowest BCUT2D eigenvalue weighted by atomic mass is 10.0. The molecule has 0 rings (SSSR count). The van der Waals surface area contributed by atoms with Crippen molar-refractivity contribution < 1.29 is 28.6 Å². The molecular formula is C72H118O6. The van der Waals surface area contributed by atoms with Crippen LogP contribution in [0, 0.1) is 0 Å². The van der Waals surface area contributed by atoms with Gasteiger partial charge in [-0.05, 0) is 135 Å². The number of hydrogen-bond donors (Lipinski definition) is 0. The van der Waals surface area contributed by atoms with Crippen molar-refractivity contribution in [3.63, 3.8) is 0 Å². The van der Waals surface area contributed by atoms with E-state index in [1.807, 2.05) is 0 Å². The molecule has 0 N–H and O–H groups in total. The Bertz CT molecular complexity index is 1670. The third-order valence-electron chi connectivity index (χ3n) is 13.4. The van der Waals surface area contributed by atoms with Crippen molar-refractivity contribution in [2.24, 2.45) is 0 Å². The predicted octanol–water partition coefficient (Wildman–Crippen LogP) is 22.2. The second-order valence-corrected chi connectivity index (χ2v) is 20.9. The molecular weight excluding hydrogens is 961 g/mol. The molecule has 1 atom stereocenters. The molecule has 0 spiro atoms. The summed E-state index contributed by atoms with van der Waals surface area (Å²) in [4.78, 5) is 38.3. The van der Waals surface area contributed by atoms with Gasteiger partial charge in [0.15, 0.2) is 6.10 Å². The highest BCUT2D eigenvalue weighted by molar-refractivity contribution is 5.71. The van der Waals surface area contributed by atoms with Crippen LogP contribution in [-0.4, -0.2) is 37.2 Å². The molecule has 0 aromatic rings. The highest BCUT2D eigenvalue weighted by Crippen LogP contribution is 2.15. The lowest BCUT2D eigenvalue weighted by Gasteiger charge is -2.18. The van der Waals surface area contributed by atoms with Crippen LogP contribution in [0.25, 0.3) is 0 Å². The van der Waals surface area contributed by atoms with Crippen LogP contribution < -0.4 is 0 Å². The summed E-state index contributed by atoms with van der Waals surface area (Å²) in [5.74, 6) is -0.951.